The van der Waals surface area contributed by atoms with Crippen LogP contribution in [0.3, 0.4) is 0 Å². The van der Waals surface area contributed by atoms with Gasteiger partial charge in [0.25, 0.3) is 0 Å². The second-order valence-corrected chi connectivity index (χ2v) is 3.23. The van der Waals surface area contributed by atoms with Crippen molar-refractivity contribution in [3.05, 3.63) is 0 Å². The number of rotatable bonds is 6. The molecule has 0 N–H and O–H groups in total. The molecule has 0 atom stereocenters. The molecular weight excluding hydrogens is 112 g/mol. The molecule has 0 amide bonds. The first-order valence-corrected chi connectivity index (χ1v) is 4.85. The summed E-state index contributed by atoms with van der Waals surface area (Å²) in [6.45, 7) is 6.87. The van der Waals surface area contributed by atoms with E-state index in [2.05, 4.69) is 20.5 Å². The first-order chi connectivity index (χ1) is 4.85. The van der Waals surface area contributed by atoms with Crippen molar-refractivity contribution in [2.24, 2.45) is 0 Å². The lowest BCUT2D eigenvalue weighted by Gasteiger charge is -2.04. The van der Waals surface area contributed by atoms with Crippen molar-refractivity contribution in [3.8, 4) is 0 Å². The van der Waals surface area contributed by atoms with Gasteiger partial charge in [0, 0.05) is 27.6 Å². The molecule has 0 saturated heterocycles. The molecule has 0 fully saturated rings. The summed E-state index contributed by atoms with van der Waals surface area (Å²) in [4.78, 5) is 0. The Labute approximate surface area is 70.1 Å². The van der Waals surface area contributed by atoms with E-state index in [0.29, 0.717) is 0 Å². The highest BCUT2D eigenvalue weighted by Gasteiger charge is 2.11. The molecule has 0 aromatic rings. The van der Waals surface area contributed by atoms with Crippen LogP contribution in [0.2, 0.25) is 20.5 Å². The van der Waals surface area contributed by atoms with Gasteiger partial charge in [0.1, 0.15) is 0 Å². The largest absolute Gasteiger partial charge is 0.0966 e. The maximum Gasteiger partial charge on any atom is 0.0734 e. The Kier molecular flexibility index (Phi) is 7.90. The summed E-state index contributed by atoms with van der Waals surface area (Å²) in [6, 6.07) is 0. The molecule has 0 spiro atoms. The van der Waals surface area contributed by atoms with Crippen LogP contribution in [0.25, 0.3) is 0 Å². The minimum atomic E-state index is 1.03. The SMILES string of the molecule is CBBB(BBC)BBC. The van der Waals surface area contributed by atoms with Gasteiger partial charge < -0.3 is 0 Å². The third-order valence-corrected chi connectivity index (χ3v) is 2.09. The average molecular weight is 127 g/mol. The second-order valence-electron chi connectivity index (χ2n) is 3.23. The predicted molar refractivity (Wildman–Crippen MR) is 66.2 cm³/mol. The maximum atomic E-state index is 2.29. The molecule has 0 aromatic heterocycles. The fourth-order valence-corrected chi connectivity index (χ4v) is 1.66. The van der Waals surface area contributed by atoms with Gasteiger partial charge in [-0.05, 0) is 0 Å². The first-order valence-electron chi connectivity index (χ1n) is 4.85. The Bertz CT molecular complexity index is 51.6. The highest BCUT2D eigenvalue weighted by atomic mass is 13.0. The minimum Gasteiger partial charge on any atom is -0.0966 e. The van der Waals surface area contributed by atoms with Gasteiger partial charge in [-0.2, -0.15) is 0 Å². The van der Waals surface area contributed by atoms with E-state index in [9.17, 15) is 0 Å². The summed E-state index contributed by atoms with van der Waals surface area (Å²) in [5.41, 5.74) is 0. The van der Waals surface area contributed by atoms with Crippen molar-refractivity contribution in [1.29, 1.82) is 0 Å². The second kappa shape index (κ2) is 7.56. The lowest BCUT2D eigenvalue weighted by atomic mass is 8.77. The molecule has 0 bridgehead atoms. The van der Waals surface area contributed by atoms with Gasteiger partial charge in [-0.3, -0.25) is 0 Å². The monoisotopic (exact) mass is 128 g/mol. The van der Waals surface area contributed by atoms with Crippen LogP contribution < -0.4 is 0 Å². The Hall–Kier alpha value is 0.455. The zero-order chi connectivity index (χ0) is 7.82. The topological polar surface area (TPSA) is 0 Å². The summed E-state index contributed by atoms with van der Waals surface area (Å²) in [6.07, 6.45) is 1.03. The van der Waals surface area contributed by atoms with Crippen molar-refractivity contribution >= 4 is 49.1 Å². The first kappa shape index (κ1) is 10.5. The van der Waals surface area contributed by atoms with E-state index in [1.54, 1.807) is 0 Å². The van der Waals surface area contributed by atoms with Crippen molar-refractivity contribution in [1.82, 2.24) is 0 Å². The summed E-state index contributed by atoms with van der Waals surface area (Å²) in [5.74, 6) is 0. The lowest BCUT2D eigenvalue weighted by Crippen LogP contribution is -2.44. The predicted octanol–water partition coefficient (Wildman–Crippen LogP) is -2.52. The van der Waals surface area contributed by atoms with Crippen LogP contribution in [0.5, 0.6) is 0 Å². The van der Waals surface area contributed by atoms with Crippen molar-refractivity contribution in [3.63, 3.8) is 0 Å². The number of hydrogen-bond acceptors (Lipinski definition) is 0. The van der Waals surface area contributed by atoms with Crippen LogP contribution >= 0.6 is 0 Å². The zero-order valence-electron chi connectivity index (χ0n) is 7.82. The van der Waals surface area contributed by atoms with Gasteiger partial charge in [0.2, 0.25) is 0 Å². The van der Waals surface area contributed by atoms with E-state index in [1.807, 2.05) is 0 Å². The highest BCUT2D eigenvalue weighted by Crippen LogP contribution is 1.74. The molecule has 0 saturated carbocycles. The molecular formula is C3H15B7. The summed E-state index contributed by atoms with van der Waals surface area (Å²) in [5, 5.41) is 0. The van der Waals surface area contributed by atoms with E-state index in [4.69, 9.17) is 0 Å². The standard InChI is InChI=1S/C3H15B7/c1-4-7-10(8-5-2)9-6-3/h4-9H,1-3H3. The Balaban J connectivity index is 3.30. The smallest absolute Gasteiger partial charge is 0.0734 e. The van der Waals surface area contributed by atoms with E-state index < -0.39 is 0 Å². The molecule has 0 unspecified atom stereocenters. The quantitative estimate of drug-likeness (QED) is 0.345. The normalized spacial score (nSPS) is 7.50. The van der Waals surface area contributed by atoms with Gasteiger partial charge in [0.15, 0.2) is 0 Å². The fourth-order valence-electron chi connectivity index (χ4n) is 1.66. The summed E-state index contributed by atoms with van der Waals surface area (Å²) >= 11 is 0. The Morgan fingerprint density at radius 1 is 0.700 bits per heavy atom. The average Bonchev–Trinajstić information content (AvgIpc) is 1.90. The van der Waals surface area contributed by atoms with Crippen LogP contribution in [0.1, 0.15) is 0 Å². The summed E-state index contributed by atoms with van der Waals surface area (Å²) < 4.78 is 0. The van der Waals surface area contributed by atoms with Gasteiger partial charge in [0.05, 0.1) is 21.5 Å². The van der Waals surface area contributed by atoms with Crippen LogP contribution in [0.15, 0.2) is 0 Å². The molecule has 0 nitrogen and oxygen atoms in total. The van der Waals surface area contributed by atoms with Crippen molar-refractivity contribution in [2.75, 3.05) is 0 Å². The third-order valence-electron chi connectivity index (χ3n) is 2.09. The molecule has 0 radical (unpaired) electrons. The van der Waals surface area contributed by atoms with Crippen molar-refractivity contribution in [2.45, 2.75) is 20.5 Å². The van der Waals surface area contributed by atoms with Crippen LogP contribution in [0.4, 0.5) is 0 Å². The summed E-state index contributed by atoms with van der Waals surface area (Å²) in [7, 11) is 8.44. The number of hydrogen-bond donors (Lipinski definition) is 0. The molecule has 48 valence electrons. The molecule has 7 heteroatoms. The third kappa shape index (κ3) is 5.26. The molecule has 0 heterocycles. The molecule has 0 aliphatic heterocycles. The molecule has 0 aromatic carbocycles. The minimum absolute atomic E-state index is 1.03. The molecule has 0 aliphatic rings. The zero-order valence-corrected chi connectivity index (χ0v) is 7.82. The molecule has 0 rings (SSSR count). The fraction of sp³-hybridized carbons (Fsp3) is 1.00. The van der Waals surface area contributed by atoms with E-state index in [-0.39, 0.29) is 0 Å². The van der Waals surface area contributed by atoms with Gasteiger partial charge in [-0.25, -0.2) is 0 Å². The van der Waals surface area contributed by atoms with E-state index in [0.717, 1.165) is 6.39 Å². The van der Waals surface area contributed by atoms with Crippen LogP contribution in [-0.2, 0) is 0 Å². The lowest BCUT2D eigenvalue weighted by molar-refractivity contribution is 2.36. The Morgan fingerprint density at radius 2 is 1.00 bits per heavy atom. The Morgan fingerprint density at radius 3 is 1.20 bits per heavy atom. The van der Waals surface area contributed by atoms with Gasteiger partial charge >= 0.3 is 0 Å². The van der Waals surface area contributed by atoms with Gasteiger partial charge in [-0.1, -0.05) is 20.5 Å². The molecule has 10 heavy (non-hydrogen) atoms. The van der Waals surface area contributed by atoms with Crippen LogP contribution in [-0.4, -0.2) is 49.1 Å². The maximum absolute atomic E-state index is 2.29. The highest BCUT2D eigenvalue weighted by molar-refractivity contribution is 7.78. The van der Waals surface area contributed by atoms with Crippen LogP contribution in [0, 0.1) is 0 Å². The van der Waals surface area contributed by atoms with E-state index >= 15 is 0 Å². The van der Waals surface area contributed by atoms with E-state index in [1.165, 1.54) is 42.7 Å². The van der Waals surface area contributed by atoms with Gasteiger partial charge in [-0.15, -0.1) is 0 Å². The molecule has 0 aliphatic carbocycles. The van der Waals surface area contributed by atoms with Crippen molar-refractivity contribution < 1.29 is 0 Å².